The minimum atomic E-state index is -1.29. The lowest BCUT2D eigenvalue weighted by Crippen LogP contribution is -2.52. The number of fused-ring (bicyclic) bond motifs is 3. The van der Waals surface area contributed by atoms with Gasteiger partial charge in [-0.3, -0.25) is 14.4 Å². The molecule has 0 radical (unpaired) electrons. The average Bonchev–Trinajstić information content (AvgIpc) is 3.38. The third-order valence-electron chi connectivity index (χ3n) is 7.55. The summed E-state index contributed by atoms with van der Waals surface area (Å²) >= 11 is 0. The summed E-state index contributed by atoms with van der Waals surface area (Å²) in [4.78, 5) is 45.2. The minimum absolute atomic E-state index is 0.0981. The van der Waals surface area contributed by atoms with Crippen molar-refractivity contribution >= 4 is 23.6 Å². The zero-order valence-electron chi connectivity index (χ0n) is 24.9. The predicted molar refractivity (Wildman–Crippen MR) is 165 cm³/mol. The topological polar surface area (TPSA) is 119 Å². The maximum atomic E-state index is 14.6. The van der Waals surface area contributed by atoms with Crippen molar-refractivity contribution in [2.45, 2.75) is 31.5 Å². The quantitative estimate of drug-likeness (QED) is 0.276. The number of nitrogens with one attached hydrogen (secondary N) is 2. The second-order valence-corrected chi connectivity index (χ2v) is 10.8. The molecule has 0 bridgehead atoms. The number of benzene rings is 3. The molecule has 2 N–H and O–H groups in total. The Bertz CT molecular complexity index is 1460. The van der Waals surface area contributed by atoms with Gasteiger partial charge < -0.3 is 29.7 Å². The van der Waals surface area contributed by atoms with E-state index in [1.807, 2.05) is 84.9 Å². The highest BCUT2D eigenvalue weighted by Crippen LogP contribution is 2.46. The molecule has 0 spiro atoms. The molecular formula is C34H38N4O6. The van der Waals surface area contributed by atoms with Gasteiger partial charge in [-0.25, -0.2) is 4.99 Å². The van der Waals surface area contributed by atoms with Gasteiger partial charge in [-0.1, -0.05) is 72.8 Å². The molecular weight excluding hydrogens is 560 g/mol. The van der Waals surface area contributed by atoms with E-state index in [-0.39, 0.29) is 30.8 Å². The van der Waals surface area contributed by atoms with Gasteiger partial charge in [-0.2, -0.15) is 0 Å². The third-order valence-corrected chi connectivity index (χ3v) is 7.55. The molecule has 230 valence electrons. The van der Waals surface area contributed by atoms with Crippen molar-refractivity contribution in [3.05, 3.63) is 107 Å². The highest BCUT2D eigenvalue weighted by atomic mass is 16.5. The summed E-state index contributed by atoms with van der Waals surface area (Å²) in [7, 11) is 0. The number of carbonyl (C=O) groups is 3. The molecule has 3 aromatic rings. The van der Waals surface area contributed by atoms with Crippen molar-refractivity contribution in [1.82, 2.24) is 15.5 Å². The van der Waals surface area contributed by atoms with Gasteiger partial charge in [-0.05, 0) is 23.3 Å². The normalized spacial score (nSPS) is 18.8. The molecule has 2 heterocycles. The molecule has 2 aliphatic rings. The smallest absolute Gasteiger partial charge is 0.256 e. The van der Waals surface area contributed by atoms with Crippen LogP contribution >= 0.6 is 0 Å². The van der Waals surface area contributed by atoms with Crippen LogP contribution in [0.25, 0.3) is 0 Å². The van der Waals surface area contributed by atoms with Crippen molar-refractivity contribution in [1.29, 1.82) is 0 Å². The standard InChI is InChI=1S/C34H38N4O6/c1-25(39)35-16-18-42-20-21-43-19-17-36-30(40)24-38-23-28-14-8-9-15-29(28)31-34(33(38)41,22-26-10-4-2-5-11-26)37-32(44-31)27-12-6-3-7-13-27/h2-15,31H,16-24H2,1H3,(H,35,39)(H,36,40)/t31-,34-/m0/s1. The molecule has 10 heteroatoms. The van der Waals surface area contributed by atoms with Crippen LogP contribution in [0.1, 0.15) is 35.3 Å². The average molecular weight is 599 g/mol. The Labute approximate surface area is 257 Å². The number of aliphatic imine (C=N–C) groups is 1. The Morgan fingerprint density at radius 3 is 2.23 bits per heavy atom. The van der Waals surface area contributed by atoms with E-state index in [9.17, 15) is 14.4 Å². The van der Waals surface area contributed by atoms with E-state index in [4.69, 9.17) is 19.2 Å². The number of rotatable bonds is 14. The first kappa shape index (κ1) is 30.9. The van der Waals surface area contributed by atoms with Crippen molar-refractivity contribution in [3.63, 3.8) is 0 Å². The first-order chi connectivity index (χ1) is 21.5. The van der Waals surface area contributed by atoms with Crippen LogP contribution in [0, 0.1) is 0 Å². The van der Waals surface area contributed by atoms with Crippen LogP contribution in [0.4, 0.5) is 0 Å². The van der Waals surface area contributed by atoms with Gasteiger partial charge in [0.15, 0.2) is 11.6 Å². The summed E-state index contributed by atoms with van der Waals surface area (Å²) in [6, 6.07) is 27.2. The van der Waals surface area contributed by atoms with Crippen molar-refractivity contribution in [2.24, 2.45) is 4.99 Å². The lowest BCUT2D eigenvalue weighted by atomic mass is 9.81. The number of hydrogen-bond acceptors (Lipinski definition) is 7. The second kappa shape index (κ2) is 14.8. The third kappa shape index (κ3) is 7.50. The van der Waals surface area contributed by atoms with E-state index < -0.39 is 11.6 Å². The summed E-state index contributed by atoms with van der Waals surface area (Å²) in [6.07, 6.45) is -0.329. The van der Waals surface area contributed by atoms with Crippen LogP contribution in [0.15, 0.2) is 89.9 Å². The highest BCUT2D eigenvalue weighted by Gasteiger charge is 2.56. The molecule has 2 aliphatic heterocycles. The van der Waals surface area contributed by atoms with Gasteiger partial charge in [0, 0.05) is 44.1 Å². The number of amides is 3. The molecule has 0 unspecified atom stereocenters. The van der Waals surface area contributed by atoms with Gasteiger partial charge in [0.05, 0.1) is 33.0 Å². The molecule has 3 aromatic carbocycles. The Morgan fingerprint density at radius 2 is 1.52 bits per heavy atom. The van der Waals surface area contributed by atoms with Gasteiger partial charge in [0.1, 0.15) is 0 Å². The number of nitrogens with zero attached hydrogens (tertiary/aromatic N) is 2. The van der Waals surface area contributed by atoms with E-state index in [2.05, 4.69) is 10.6 Å². The predicted octanol–water partition coefficient (Wildman–Crippen LogP) is 2.81. The SMILES string of the molecule is CC(=O)NCCOCCOCCNC(=O)CN1Cc2ccccc2[C@@H]2OC(c3ccccc3)=N[C@]2(Cc2ccccc2)C1=O. The zero-order chi connectivity index (χ0) is 30.8. The van der Waals surface area contributed by atoms with Crippen molar-refractivity contribution in [3.8, 4) is 0 Å². The van der Waals surface area contributed by atoms with E-state index in [0.717, 1.165) is 22.3 Å². The molecule has 44 heavy (non-hydrogen) atoms. The lowest BCUT2D eigenvalue weighted by molar-refractivity contribution is -0.143. The Balaban J connectivity index is 1.29. The monoisotopic (exact) mass is 598 g/mol. The van der Waals surface area contributed by atoms with Crippen LogP contribution in [0.3, 0.4) is 0 Å². The molecule has 3 amide bonds. The summed E-state index contributed by atoms with van der Waals surface area (Å²) in [5.74, 6) is -0.224. The molecule has 10 nitrogen and oxygen atoms in total. The largest absolute Gasteiger partial charge is 0.466 e. The Hall–Kier alpha value is -4.54. The van der Waals surface area contributed by atoms with E-state index in [1.54, 1.807) is 4.90 Å². The van der Waals surface area contributed by atoms with Crippen LogP contribution in [0.2, 0.25) is 0 Å². The number of ether oxygens (including phenoxy) is 3. The van der Waals surface area contributed by atoms with Crippen LogP contribution in [-0.4, -0.2) is 80.1 Å². The maximum absolute atomic E-state index is 14.6. The fourth-order valence-electron chi connectivity index (χ4n) is 5.51. The second-order valence-electron chi connectivity index (χ2n) is 10.8. The lowest BCUT2D eigenvalue weighted by Gasteiger charge is -2.32. The maximum Gasteiger partial charge on any atom is 0.256 e. The van der Waals surface area contributed by atoms with Crippen LogP contribution in [-0.2, 0) is 41.6 Å². The van der Waals surface area contributed by atoms with Crippen LogP contribution < -0.4 is 10.6 Å². The summed E-state index contributed by atoms with van der Waals surface area (Å²) < 4.78 is 17.5. The molecule has 0 fully saturated rings. The summed E-state index contributed by atoms with van der Waals surface area (Å²) in [5.41, 5.74) is 2.26. The first-order valence-corrected chi connectivity index (χ1v) is 14.9. The number of carbonyl (C=O) groups excluding carboxylic acids is 3. The first-order valence-electron chi connectivity index (χ1n) is 14.9. The molecule has 0 aromatic heterocycles. The zero-order valence-corrected chi connectivity index (χ0v) is 24.9. The minimum Gasteiger partial charge on any atom is -0.466 e. The Morgan fingerprint density at radius 1 is 0.886 bits per heavy atom. The molecule has 0 saturated heterocycles. The molecule has 0 aliphatic carbocycles. The number of hydrogen-bond donors (Lipinski definition) is 2. The van der Waals surface area contributed by atoms with Crippen molar-refractivity contribution < 1.29 is 28.6 Å². The molecule has 2 atom stereocenters. The van der Waals surface area contributed by atoms with Crippen LogP contribution in [0.5, 0.6) is 0 Å². The van der Waals surface area contributed by atoms with Gasteiger partial charge in [0.2, 0.25) is 17.7 Å². The Kier molecular flexibility index (Phi) is 10.4. The van der Waals surface area contributed by atoms with E-state index >= 15 is 0 Å². The fraction of sp³-hybridized carbons (Fsp3) is 0.353. The van der Waals surface area contributed by atoms with Gasteiger partial charge in [-0.15, -0.1) is 0 Å². The summed E-state index contributed by atoms with van der Waals surface area (Å²) in [6.45, 7) is 3.79. The van der Waals surface area contributed by atoms with Crippen molar-refractivity contribution in [2.75, 3.05) is 46.1 Å². The molecule has 0 saturated carbocycles. The fourth-order valence-corrected chi connectivity index (χ4v) is 5.51. The van der Waals surface area contributed by atoms with Gasteiger partial charge >= 0.3 is 0 Å². The summed E-state index contributed by atoms with van der Waals surface area (Å²) in [5, 5.41) is 5.52. The van der Waals surface area contributed by atoms with Gasteiger partial charge in [0.25, 0.3) is 5.91 Å². The molecule has 5 rings (SSSR count). The highest BCUT2D eigenvalue weighted by molar-refractivity contribution is 6.02. The van der Waals surface area contributed by atoms with E-state index in [0.29, 0.717) is 51.8 Å². The van der Waals surface area contributed by atoms with E-state index in [1.165, 1.54) is 6.92 Å².